The third-order valence-electron chi connectivity index (χ3n) is 13.0. The molecule has 0 aliphatic heterocycles. The van der Waals surface area contributed by atoms with Gasteiger partial charge in [0.2, 0.25) is 0 Å². The Hall–Kier alpha value is -1.84. The predicted molar refractivity (Wildman–Crippen MR) is 209 cm³/mol. The topological polar surface area (TPSA) is 68.3 Å². The summed E-state index contributed by atoms with van der Waals surface area (Å²) in [6.45, 7) is 7.25. The third-order valence-corrected chi connectivity index (χ3v) is 13.0. The first-order valence-electron chi connectivity index (χ1n) is 21.9. The smallest absolute Gasteiger partial charge is 0.166 e. The molecule has 0 aromatic rings. The molecule has 1 saturated carbocycles. The monoisotopic (exact) mass is 693 g/mol. The molecule has 284 valence electrons. The summed E-state index contributed by atoms with van der Waals surface area (Å²) in [4.78, 5) is 47.5. The zero-order chi connectivity index (χ0) is 36.0. The third kappa shape index (κ3) is 15.0. The number of hydrogen-bond acceptors (Lipinski definition) is 4. The van der Waals surface area contributed by atoms with Crippen LogP contribution >= 0.6 is 0 Å². The standard InChI is InChI=1S/C46H76O4/c1-4-6-8-9-15-21-27-40-38(36(3)24-7-5-2)31-30-37(25-19-14-10-11-17-22-28-41-43(47)32-33-44(41)48)39(40)26-20-16-12-13-18-23-29-42-45(49)34-35-46(42)50/h32-42H,4-31H2,1-3H3. The van der Waals surface area contributed by atoms with Crippen molar-refractivity contribution in [2.45, 2.75) is 201 Å². The molecule has 3 rings (SSSR count). The molecule has 0 N–H and O–H groups in total. The van der Waals surface area contributed by atoms with Crippen LogP contribution in [0.25, 0.3) is 0 Å². The van der Waals surface area contributed by atoms with E-state index in [0.29, 0.717) is 0 Å². The Bertz CT molecular complexity index is 1020. The van der Waals surface area contributed by atoms with E-state index < -0.39 is 0 Å². The van der Waals surface area contributed by atoms with Gasteiger partial charge >= 0.3 is 0 Å². The zero-order valence-electron chi connectivity index (χ0n) is 32.8. The van der Waals surface area contributed by atoms with Crippen LogP contribution in [0.15, 0.2) is 24.3 Å². The summed E-state index contributed by atoms with van der Waals surface area (Å²) in [5.74, 6) is 3.72. The van der Waals surface area contributed by atoms with Crippen LogP contribution in [-0.4, -0.2) is 23.1 Å². The summed E-state index contributed by atoms with van der Waals surface area (Å²) in [5.41, 5.74) is 0. The maximum Gasteiger partial charge on any atom is 0.166 e. The molecule has 0 amide bonds. The zero-order valence-corrected chi connectivity index (χ0v) is 32.8. The summed E-state index contributed by atoms with van der Waals surface area (Å²) in [6.07, 6.45) is 41.5. The molecule has 0 aromatic heterocycles. The summed E-state index contributed by atoms with van der Waals surface area (Å²) in [5, 5.41) is 0. The van der Waals surface area contributed by atoms with Gasteiger partial charge in [0.15, 0.2) is 23.1 Å². The fourth-order valence-corrected chi connectivity index (χ4v) is 9.89. The summed E-state index contributed by atoms with van der Waals surface area (Å²) in [7, 11) is 0. The van der Waals surface area contributed by atoms with Crippen LogP contribution < -0.4 is 0 Å². The lowest BCUT2D eigenvalue weighted by Crippen LogP contribution is -2.38. The van der Waals surface area contributed by atoms with Crippen LogP contribution in [0.5, 0.6) is 0 Å². The second-order valence-corrected chi connectivity index (χ2v) is 16.8. The first-order chi connectivity index (χ1) is 24.4. The molecular formula is C46H76O4. The van der Waals surface area contributed by atoms with Crippen LogP contribution in [-0.2, 0) is 19.2 Å². The molecule has 0 saturated heterocycles. The van der Waals surface area contributed by atoms with E-state index >= 15 is 0 Å². The summed E-state index contributed by atoms with van der Waals surface area (Å²) >= 11 is 0. The average Bonchev–Trinajstić information content (AvgIpc) is 3.61. The van der Waals surface area contributed by atoms with Crippen molar-refractivity contribution in [1.82, 2.24) is 0 Å². The average molecular weight is 693 g/mol. The minimum atomic E-state index is -0.382. The van der Waals surface area contributed by atoms with Crippen LogP contribution in [0, 0.1) is 41.4 Å². The summed E-state index contributed by atoms with van der Waals surface area (Å²) < 4.78 is 0. The maximum atomic E-state index is 11.9. The van der Waals surface area contributed by atoms with E-state index in [9.17, 15) is 19.2 Å². The van der Waals surface area contributed by atoms with Crippen molar-refractivity contribution in [2.75, 3.05) is 0 Å². The fraction of sp³-hybridized carbons (Fsp3) is 0.826. The Morgan fingerprint density at radius 1 is 0.460 bits per heavy atom. The number of carbonyl (C=O) groups excluding carboxylic acids is 4. The highest BCUT2D eigenvalue weighted by molar-refractivity contribution is 6.19. The Labute approximate surface area is 307 Å². The van der Waals surface area contributed by atoms with Crippen molar-refractivity contribution in [3.8, 4) is 0 Å². The molecule has 0 bridgehead atoms. The molecule has 3 aliphatic rings. The van der Waals surface area contributed by atoms with Crippen molar-refractivity contribution in [3.05, 3.63) is 24.3 Å². The molecule has 1 fully saturated rings. The van der Waals surface area contributed by atoms with Gasteiger partial charge in [-0.2, -0.15) is 0 Å². The van der Waals surface area contributed by atoms with Gasteiger partial charge in [0.25, 0.3) is 0 Å². The van der Waals surface area contributed by atoms with E-state index in [1.165, 1.54) is 166 Å². The van der Waals surface area contributed by atoms with Gasteiger partial charge in [-0.25, -0.2) is 0 Å². The van der Waals surface area contributed by atoms with Crippen LogP contribution in [0.1, 0.15) is 201 Å². The second-order valence-electron chi connectivity index (χ2n) is 16.8. The Morgan fingerprint density at radius 2 is 0.840 bits per heavy atom. The molecule has 0 spiro atoms. The number of unbranched alkanes of at least 4 members (excludes halogenated alkanes) is 16. The molecule has 4 heteroatoms. The number of ketones is 4. The molecule has 0 radical (unpaired) electrons. The molecule has 4 nitrogen and oxygen atoms in total. The second kappa shape index (κ2) is 25.2. The normalized spacial score (nSPS) is 23.6. The van der Waals surface area contributed by atoms with Crippen LogP contribution in [0.4, 0.5) is 0 Å². The van der Waals surface area contributed by atoms with Crippen LogP contribution in [0.2, 0.25) is 0 Å². The number of carbonyl (C=O) groups is 4. The number of hydrogen-bond donors (Lipinski definition) is 0. The first-order valence-corrected chi connectivity index (χ1v) is 21.9. The van der Waals surface area contributed by atoms with Crippen molar-refractivity contribution < 1.29 is 19.2 Å². The highest BCUT2D eigenvalue weighted by Gasteiger charge is 2.40. The quantitative estimate of drug-likeness (QED) is 0.0578. The van der Waals surface area contributed by atoms with E-state index in [2.05, 4.69) is 20.8 Å². The lowest BCUT2D eigenvalue weighted by molar-refractivity contribution is -0.127. The minimum absolute atomic E-state index is 0.0128. The van der Waals surface area contributed by atoms with Crippen molar-refractivity contribution >= 4 is 23.1 Å². The van der Waals surface area contributed by atoms with E-state index in [1.807, 2.05) is 0 Å². The van der Waals surface area contributed by atoms with E-state index in [-0.39, 0.29) is 35.0 Å². The SMILES string of the molecule is CCCCCCCCC1C(C(C)CCCC)CCC(CCCCCCCCC2C(=O)C=CC2=O)C1CCCCCCCCC1C(=O)C=CC1=O. The van der Waals surface area contributed by atoms with Gasteiger partial charge in [-0.3, -0.25) is 19.2 Å². The number of allylic oxidation sites excluding steroid dienone is 4. The highest BCUT2D eigenvalue weighted by Crippen LogP contribution is 2.49. The molecule has 0 heterocycles. The Balaban J connectivity index is 1.47. The minimum Gasteiger partial charge on any atom is -0.294 e. The van der Waals surface area contributed by atoms with Gasteiger partial charge in [-0.05, 0) is 92.4 Å². The highest BCUT2D eigenvalue weighted by atomic mass is 16.2. The molecule has 5 atom stereocenters. The summed E-state index contributed by atoms with van der Waals surface area (Å²) in [6, 6.07) is 0. The molecule has 50 heavy (non-hydrogen) atoms. The predicted octanol–water partition coefficient (Wildman–Crippen LogP) is 12.7. The van der Waals surface area contributed by atoms with Crippen LogP contribution in [0.3, 0.4) is 0 Å². The number of rotatable bonds is 29. The first kappa shape index (κ1) is 42.6. The Kier molecular flexibility index (Phi) is 21.4. The van der Waals surface area contributed by atoms with Gasteiger partial charge in [-0.15, -0.1) is 0 Å². The van der Waals surface area contributed by atoms with Crippen molar-refractivity contribution in [3.63, 3.8) is 0 Å². The largest absolute Gasteiger partial charge is 0.294 e. The fourth-order valence-electron chi connectivity index (χ4n) is 9.89. The maximum absolute atomic E-state index is 11.9. The van der Waals surface area contributed by atoms with Gasteiger partial charge in [0, 0.05) is 0 Å². The lowest BCUT2D eigenvalue weighted by Gasteiger charge is -2.46. The van der Waals surface area contributed by atoms with E-state index in [4.69, 9.17) is 0 Å². The van der Waals surface area contributed by atoms with Gasteiger partial charge in [0.05, 0.1) is 11.8 Å². The van der Waals surface area contributed by atoms with E-state index in [1.54, 1.807) is 0 Å². The van der Waals surface area contributed by atoms with E-state index in [0.717, 1.165) is 68.1 Å². The molecule has 3 aliphatic carbocycles. The van der Waals surface area contributed by atoms with Gasteiger partial charge < -0.3 is 0 Å². The molecular weight excluding hydrogens is 617 g/mol. The van der Waals surface area contributed by atoms with Gasteiger partial charge in [0.1, 0.15) is 0 Å². The van der Waals surface area contributed by atoms with Crippen molar-refractivity contribution in [2.24, 2.45) is 41.4 Å². The molecule has 0 aromatic carbocycles. The van der Waals surface area contributed by atoms with Crippen molar-refractivity contribution in [1.29, 1.82) is 0 Å². The van der Waals surface area contributed by atoms with Gasteiger partial charge in [-0.1, -0.05) is 162 Å². The lowest BCUT2D eigenvalue weighted by atomic mass is 9.59. The molecule has 5 unspecified atom stereocenters. The Morgan fingerprint density at radius 3 is 1.30 bits per heavy atom.